The van der Waals surface area contributed by atoms with E-state index in [-0.39, 0.29) is 0 Å². The van der Waals surface area contributed by atoms with E-state index >= 15 is 0 Å². The smallest absolute Gasteiger partial charge is 0.120 e. The van der Waals surface area contributed by atoms with Gasteiger partial charge in [-0.3, -0.25) is 4.98 Å². The topological polar surface area (TPSA) is 22.1 Å². The molecule has 0 fully saturated rings. The van der Waals surface area contributed by atoms with Crippen molar-refractivity contribution in [2.24, 2.45) is 0 Å². The summed E-state index contributed by atoms with van der Waals surface area (Å²) in [5, 5.41) is 1.73. The van der Waals surface area contributed by atoms with E-state index in [1.165, 1.54) is 0 Å². The van der Waals surface area contributed by atoms with Crippen LogP contribution in [0.2, 0.25) is 5.02 Å². The Balaban J connectivity index is 2.53. The number of hydrogen-bond donors (Lipinski definition) is 0. The summed E-state index contributed by atoms with van der Waals surface area (Å²) in [6.45, 7) is 6.77. The highest BCUT2D eigenvalue weighted by Gasteiger charge is 2.08. The van der Waals surface area contributed by atoms with Crippen LogP contribution in [0.1, 0.15) is 24.6 Å². The number of halogens is 1. The van der Waals surface area contributed by atoms with Gasteiger partial charge in [0.25, 0.3) is 0 Å². The first-order chi connectivity index (χ1) is 8.13. The minimum atomic E-state index is 0.724. The number of nitrogens with zero attached hydrogens (tertiary/aromatic N) is 1. The molecule has 0 unspecified atom stereocenters. The first kappa shape index (κ1) is 12.2. The van der Waals surface area contributed by atoms with Gasteiger partial charge in [-0.15, -0.1) is 0 Å². The molecule has 1 aromatic heterocycles. The van der Waals surface area contributed by atoms with Crippen molar-refractivity contribution in [3.63, 3.8) is 0 Å². The van der Waals surface area contributed by atoms with E-state index in [0.29, 0.717) is 0 Å². The summed E-state index contributed by atoms with van der Waals surface area (Å²) in [4.78, 5) is 4.52. The van der Waals surface area contributed by atoms with Crippen LogP contribution in [0.5, 0.6) is 5.75 Å². The van der Waals surface area contributed by atoms with Crippen LogP contribution < -0.4 is 4.74 Å². The predicted molar refractivity (Wildman–Crippen MR) is 72.0 cm³/mol. The lowest BCUT2D eigenvalue weighted by atomic mass is 10.1. The molecule has 2 rings (SSSR count). The van der Waals surface area contributed by atoms with Crippen molar-refractivity contribution < 1.29 is 4.74 Å². The van der Waals surface area contributed by atoms with E-state index in [1.54, 1.807) is 0 Å². The van der Waals surface area contributed by atoms with Gasteiger partial charge in [-0.05, 0) is 44.0 Å². The molecule has 0 aliphatic rings. The average Bonchev–Trinajstić information content (AvgIpc) is 2.34. The lowest BCUT2D eigenvalue weighted by Crippen LogP contribution is -1.96. The van der Waals surface area contributed by atoms with Crippen molar-refractivity contribution in [2.75, 3.05) is 6.61 Å². The molecular formula is C14H16ClNO. The van der Waals surface area contributed by atoms with Crippen LogP contribution in [-0.4, -0.2) is 11.6 Å². The number of ether oxygens (including phenoxy) is 1. The Morgan fingerprint density at radius 2 is 2.06 bits per heavy atom. The van der Waals surface area contributed by atoms with E-state index in [1.807, 2.05) is 32.0 Å². The van der Waals surface area contributed by atoms with E-state index in [9.17, 15) is 0 Å². The molecule has 0 amide bonds. The minimum Gasteiger partial charge on any atom is -0.494 e. The summed E-state index contributed by atoms with van der Waals surface area (Å²) in [5.74, 6) is 0.853. The van der Waals surface area contributed by atoms with Crippen LogP contribution in [0.25, 0.3) is 10.9 Å². The fourth-order valence-corrected chi connectivity index (χ4v) is 2.01. The highest BCUT2D eigenvalue weighted by molar-refractivity contribution is 6.36. The third-order valence-electron chi connectivity index (χ3n) is 2.84. The molecule has 2 nitrogen and oxygen atoms in total. The normalized spacial score (nSPS) is 10.8. The zero-order valence-electron chi connectivity index (χ0n) is 10.4. The summed E-state index contributed by atoms with van der Waals surface area (Å²) in [5.41, 5.74) is 2.93. The highest BCUT2D eigenvalue weighted by atomic mass is 35.5. The van der Waals surface area contributed by atoms with Gasteiger partial charge in [0.05, 0.1) is 17.1 Å². The van der Waals surface area contributed by atoms with Gasteiger partial charge in [0.15, 0.2) is 0 Å². The van der Waals surface area contributed by atoms with Crippen molar-refractivity contribution in [1.82, 2.24) is 4.98 Å². The molecular weight excluding hydrogens is 234 g/mol. The standard InChI is InChI=1S/C14H16ClNO/c1-4-7-17-11-5-6-13-12(8-11)14(15)9(2)10(3)16-13/h5-6,8H,4,7H2,1-3H3. The number of fused-ring (bicyclic) bond motifs is 1. The second kappa shape index (κ2) is 4.92. The minimum absolute atomic E-state index is 0.724. The molecule has 2 aromatic rings. The summed E-state index contributed by atoms with van der Waals surface area (Å²) in [6.07, 6.45) is 0.997. The Bertz CT molecular complexity index is 551. The van der Waals surface area contributed by atoms with Crippen LogP contribution in [0.15, 0.2) is 18.2 Å². The monoisotopic (exact) mass is 249 g/mol. The molecule has 0 aliphatic heterocycles. The molecule has 3 heteroatoms. The fourth-order valence-electron chi connectivity index (χ4n) is 1.72. The lowest BCUT2D eigenvalue weighted by Gasteiger charge is -2.09. The SMILES string of the molecule is CCCOc1ccc2nc(C)c(C)c(Cl)c2c1. The number of rotatable bonds is 3. The maximum absolute atomic E-state index is 6.34. The first-order valence-corrected chi connectivity index (χ1v) is 6.20. The Labute approximate surface area is 107 Å². The number of aryl methyl sites for hydroxylation is 1. The van der Waals surface area contributed by atoms with Crippen molar-refractivity contribution in [2.45, 2.75) is 27.2 Å². The Morgan fingerprint density at radius 1 is 1.29 bits per heavy atom. The zero-order valence-corrected chi connectivity index (χ0v) is 11.1. The summed E-state index contributed by atoms with van der Waals surface area (Å²) in [7, 11) is 0. The number of pyridine rings is 1. The molecule has 1 heterocycles. The molecule has 0 saturated carbocycles. The van der Waals surface area contributed by atoms with Gasteiger partial charge < -0.3 is 4.74 Å². The molecule has 0 spiro atoms. The van der Waals surface area contributed by atoms with Crippen LogP contribution in [-0.2, 0) is 0 Å². The number of benzene rings is 1. The molecule has 90 valence electrons. The summed E-state index contributed by atoms with van der Waals surface area (Å²) >= 11 is 6.34. The largest absolute Gasteiger partial charge is 0.494 e. The Morgan fingerprint density at radius 3 is 2.76 bits per heavy atom. The van der Waals surface area contributed by atoms with E-state index < -0.39 is 0 Å². The third-order valence-corrected chi connectivity index (χ3v) is 3.32. The second-order valence-electron chi connectivity index (χ2n) is 4.16. The molecule has 0 radical (unpaired) electrons. The van der Waals surface area contributed by atoms with Crippen LogP contribution in [0.4, 0.5) is 0 Å². The Hall–Kier alpha value is -1.28. The maximum atomic E-state index is 6.34. The quantitative estimate of drug-likeness (QED) is 0.809. The highest BCUT2D eigenvalue weighted by Crippen LogP contribution is 2.30. The van der Waals surface area contributed by atoms with Crippen LogP contribution in [0, 0.1) is 13.8 Å². The molecule has 0 saturated heterocycles. The van der Waals surface area contributed by atoms with Crippen molar-refractivity contribution in [3.8, 4) is 5.75 Å². The summed E-state index contributed by atoms with van der Waals surface area (Å²) in [6, 6.07) is 5.86. The molecule has 0 N–H and O–H groups in total. The van der Waals surface area contributed by atoms with Crippen LogP contribution >= 0.6 is 11.6 Å². The number of aromatic nitrogens is 1. The van der Waals surface area contributed by atoms with Gasteiger partial charge in [0.2, 0.25) is 0 Å². The molecule has 17 heavy (non-hydrogen) atoms. The van der Waals surface area contributed by atoms with Gasteiger partial charge in [0.1, 0.15) is 5.75 Å². The van der Waals surface area contributed by atoms with Gasteiger partial charge in [-0.25, -0.2) is 0 Å². The maximum Gasteiger partial charge on any atom is 0.120 e. The van der Waals surface area contributed by atoms with Crippen molar-refractivity contribution in [1.29, 1.82) is 0 Å². The third kappa shape index (κ3) is 2.37. The van der Waals surface area contributed by atoms with Gasteiger partial charge in [0, 0.05) is 11.1 Å². The average molecular weight is 250 g/mol. The molecule has 0 aliphatic carbocycles. The number of hydrogen-bond acceptors (Lipinski definition) is 2. The van der Waals surface area contributed by atoms with Crippen LogP contribution in [0.3, 0.4) is 0 Å². The van der Waals surface area contributed by atoms with E-state index in [4.69, 9.17) is 16.3 Å². The van der Waals surface area contributed by atoms with Crippen molar-refractivity contribution >= 4 is 22.5 Å². The predicted octanol–water partition coefficient (Wildman–Crippen LogP) is 4.29. The Kier molecular flexibility index (Phi) is 3.53. The second-order valence-corrected chi connectivity index (χ2v) is 4.54. The molecule has 1 aromatic carbocycles. The summed E-state index contributed by atoms with van der Waals surface area (Å²) < 4.78 is 5.60. The first-order valence-electron chi connectivity index (χ1n) is 5.82. The zero-order chi connectivity index (χ0) is 12.4. The molecule has 0 atom stereocenters. The fraction of sp³-hybridized carbons (Fsp3) is 0.357. The van der Waals surface area contributed by atoms with E-state index in [2.05, 4.69) is 11.9 Å². The lowest BCUT2D eigenvalue weighted by molar-refractivity contribution is 0.318. The van der Waals surface area contributed by atoms with Gasteiger partial charge >= 0.3 is 0 Å². The molecule has 0 bridgehead atoms. The van der Waals surface area contributed by atoms with E-state index in [0.717, 1.165) is 46.0 Å². The van der Waals surface area contributed by atoms with Gasteiger partial charge in [-0.2, -0.15) is 0 Å². The van der Waals surface area contributed by atoms with Crippen molar-refractivity contribution in [3.05, 3.63) is 34.5 Å². The van der Waals surface area contributed by atoms with Gasteiger partial charge in [-0.1, -0.05) is 18.5 Å².